The fourth-order valence-corrected chi connectivity index (χ4v) is 16.9. The van der Waals surface area contributed by atoms with Crippen LogP contribution in [0.5, 0.6) is 0 Å². The Hall–Kier alpha value is -1.35. The molecule has 46 heavy (non-hydrogen) atoms. The second-order valence-electron chi connectivity index (χ2n) is 14.6. The Bertz CT molecular complexity index is 1840. The molecule has 0 fully saturated rings. The molecular weight excluding hydrogens is 814 g/mol. The van der Waals surface area contributed by atoms with E-state index in [1.165, 1.54) is 50.1 Å². The molecule has 2 aliphatic rings. The van der Waals surface area contributed by atoms with Gasteiger partial charge in [0.2, 0.25) is 0 Å². The summed E-state index contributed by atoms with van der Waals surface area (Å²) < 4.78 is 5.96. The monoisotopic (exact) mass is 852 g/mol. The van der Waals surface area contributed by atoms with E-state index >= 15 is 0 Å². The predicted molar refractivity (Wildman–Crippen MR) is 195 cm³/mol. The zero-order valence-electron chi connectivity index (χ0n) is 28.0. The first-order chi connectivity index (χ1) is 20.7. The Morgan fingerprint density at radius 2 is 1.22 bits per heavy atom. The summed E-state index contributed by atoms with van der Waals surface area (Å²) in [5, 5.41) is 0. The Kier molecular flexibility index (Phi) is 11.6. The van der Waals surface area contributed by atoms with E-state index in [0.29, 0.717) is 3.63 Å². The second kappa shape index (κ2) is 14.3. The minimum atomic E-state index is -2.79. The van der Waals surface area contributed by atoms with Crippen molar-refractivity contribution in [3.63, 3.8) is 0 Å². The quantitative estimate of drug-likeness (QED) is 0.227. The summed E-state index contributed by atoms with van der Waals surface area (Å²) in [4.78, 5) is 0. The van der Waals surface area contributed by atoms with Crippen LogP contribution in [-0.4, -0.2) is 3.21 Å². The molecule has 0 bridgehead atoms. The van der Waals surface area contributed by atoms with Crippen LogP contribution in [-0.2, 0) is 38.5 Å². The number of fused-ring (bicyclic) bond motifs is 3. The number of aryl methyl sites for hydroxylation is 1. The fraction of sp³-hybridized carbons (Fsp3) is 0.293. The van der Waals surface area contributed by atoms with Gasteiger partial charge >= 0.3 is 291 Å². The average Bonchev–Trinajstić information content (AvgIpc) is 3.58. The minimum absolute atomic E-state index is 0. The van der Waals surface area contributed by atoms with Crippen molar-refractivity contribution in [3.05, 3.63) is 144 Å². The number of allylic oxidation sites excluding steroid dienone is 4. The van der Waals surface area contributed by atoms with Crippen LogP contribution in [0.3, 0.4) is 0 Å². The first-order valence-corrected chi connectivity index (χ1v) is 21.1. The summed E-state index contributed by atoms with van der Waals surface area (Å²) in [5.74, 6) is 0. The van der Waals surface area contributed by atoms with Gasteiger partial charge < -0.3 is 24.8 Å². The Morgan fingerprint density at radius 1 is 0.696 bits per heavy atom. The van der Waals surface area contributed by atoms with E-state index in [4.69, 9.17) is 0 Å². The maximum atomic E-state index is 3.83. The molecule has 5 heteroatoms. The van der Waals surface area contributed by atoms with Gasteiger partial charge in [0.25, 0.3) is 0 Å². The van der Waals surface area contributed by atoms with Crippen LogP contribution in [0, 0.1) is 13.8 Å². The van der Waals surface area contributed by atoms with Crippen molar-refractivity contribution in [2.24, 2.45) is 0 Å². The van der Waals surface area contributed by atoms with Gasteiger partial charge in [0, 0.05) is 0 Å². The Morgan fingerprint density at radius 3 is 1.72 bits per heavy atom. The molecule has 0 aromatic heterocycles. The van der Waals surface area contributed by atoms with E-state index in [1.807, 2.05) is 0 Å². The van der Waals surface area contributed by atoms with Gasteiger partial charge in [0.1, 0.15) is 0 Å². The molecule has 0 nitrogen and oxygen atoms in total. The topological polar surface area (TPSA) is 0 Å². The van der Waals surface area contributed by atoms with Crippen molar-refractivity contribution in [3.8, 4) is 11.1 Å². The van der Waals surface area contributed by atoms with Gasteiger partial charge in [0.15, 0.2) is 0 Å². The predicted octanol–water partition coefficient (Wildman–Crippen LogP) is 5.43. The number of halogens is 4. The van der Waals surface area contributed by atoms with Crippen LogP contribution in [0.15, 0.2) is 100.0 Å². The van der Waals surface area contributed by atoms with Crippen molar-refractivity contribution < 1.29 is 46.1 Å². The first-order valence-electron chi connectivity index (χ1n) is 15.7. The van der Waals surface area contributed by atoms with Gasteiger partial charge in [-0.15, -0.1) is 0 Å². The van der Waals surface area contributed by atoms with Crippen molar-refractivity contribution in [2.75, 3.05) is 0 Å². The third-order valence-corrected chi connectivity index (χ3v) is 18.6. The molecule has 0 saturated carbocycles. The van der Waals surface area contributed by atoms with Crippen molar-refractivity contribution in [2.45, 2.75) is 76.3 Å². The maximum absolute atomic E-state index is 3.83. The number of rotatable bonds is 4. The normalized spacial score (nSPS) is 13.4. The average molecular weight is 857 g/mol. The van der Waals surface area contributed by atoms with Crippen LogP contribution in [0.1, 0.15) is 86.1 Å². The van der Waals surface area contributed by atoms with Gasteiger partial charge in [0.05, 0.1) is 0 Å². The van der Waals surface area contributed by atoms with Gasteiger partial charge in [-0.3, -0.25) is 0 Å². The Labute approximate surface area is 313 Å². The molecule has 0 heterocycles. The van der Waals surface area contributed by atoms with Crippen LogP contribution < -0.4 is 28.1 Å². The molecule has 0 amide bonds. The summed E-state index contributed by atoms with van der Waals surface area (Å²) in [7, 11) is 0. The molecule has 0 radical (unpaired) electrons. The molecule has 0 spiro atoms. The molecule has 238 valence electrons. The standard InChI is InChI=1S/C23H29.C13H8Br2.C5H5.2ClH.Zr/c1-14-9-16-11-17-10-15(2)21(23(6,7)8)13-19(17)18(16)12-20(14)22(3,4)5;14-12-5-1-3-10(8-12)7-11-4-2-6-13(15)9-11;1-2-4-5-3-1;;;/h9,12-13H,11H2,1-8H3;1-6,8-9H;1-5H;2*1H;/q;;;;;+2/p-2. The zero-order chi connectivity index (χ0) is 31.6. The number of hydrogen-bond acceptors (Lipinski definition) is 0. The number of benzene rings is 4. The smallest absolute Gasteiger partial charge is 1.00 e. The van der Waals surface area contributed by atoms with Crippen LogP contribution in [0.4, 0.5) is 0 Å². The van der Waals surface area contributed by atoms with Crippen LogP contribution in [0.25, 0.3) is 11.1 Å². The molecule has 2 aliphatic carbocycles. The van der Waals surface area contributed by atoms with E-state index in [-0.39, 0.29) is 35.6 Å². The molecule has 0 aliphatic heterocycles. The summed E-state index contributed by atoms with van der Waals surface area (Å²) in [5.41, 5.74) is 14.7. The van der Waals surface area contributed by atoms with E-state index in [1.54, 1.807) is 12.0 Å². The van der Waals surface area contributed by atoms with E-state index in [9.17, 15) is 0 Å². The molecule has 6 rings (SSSR count). The maximum Gasteiger partial charge on any atom is -1.00 e. The van der Waals surface area contributed by atoms with E-state index < -0.39 is 21.3 Å². The third kappa shape index (κ3) is 7.16. The van der Waals surface area contributed by atoms with Crippen molar-refractivity contribution in [1.29, 1.82) is 0 Å². The van der Waals surface area contributed by atoms with E-state index in [0.717, 1.165) is 15.4 Å². The fourth-order valence-electron chi connectivity index (χ4n) is 7.41. The molecule has 0 unspecified atom stereocenters. The zero-order valence-corrected chi connectivity index (χ0v) is 35.1. The largest absolute Gasteiger partial charge is 1.00 e. The second-order valence-corrected chi connectivity index (χ2v) is 22.5. The molecular formula is C41H42Br2Cl2Zr. The van der Waals surface area contributed by atoms with Gasteiger partial charge in [-0.05, 0) is 0 Å². The van der Waals surface area contributed by atoms with Gasteiger partial charge in [-0.25, -0.2) is 0 Å². The molecule has 4 aromatic rings. The van der Waals surface area contributed by atoms with Crippen LogP contribution in [0.2, 0.25) is 3.63 Å². The molecule has 0 saturated heterocycles. The number of hydrogen-bond donors (Lipinski definition) is 0. The van der Waals surface area contributed by atoms with E-state index in [2.05, 4.69) is 178 Å². The summed E-state index contributed by atoms with van der Waals surface area (Å²) in [6.07, 6.45) is 10.6. The summed E-state index contributed by atoms with van der Waals surface area (Å²) in [6.45, 7) is 19.0. The summed E-state index contributed by atoms with van der Waals surface area (Å²) in [6, 6.07) is 25.7. The van der Waals surface area contributed by atoms with Crippen LogP contribution >= 0.6 is 31.9 Å². The van der Waals surface area contributed by atoms with Gasteiger partial charge in [-0.2, -0.15) is 0 Å². The first kappa shape index (κ1) is 37.5. The Balaban J connectivity index is 0.00000240. The minimum Gasteiger partial charge on any atom is -1.00 e. The SMILES string of the molecule is Cc1cc2c(cc1C(C)(C)C)-c1cc(C(C)(C)C)c(C)[c]([Zr+2](=[C](c3cccc(Br)c3)c3cccc(Br)c3)[CH]3C=CC=C3)c1C2.[Cl-].[Cl-]. The summed E-state index contributed by atoms with van der Waals surface area (Å²) >= 11 is 4.87. The molecule has 4 aromatic carbocycles. The van der Waals surface area contributed by atoms with Gasteiger partial charge in [-0.1, -0.05) is 0 Å². The van der Waals surface area contributed by atoms with Crippen molar-refractivity contribution >= 4 is 38.3 Å². The third-order valence-electron chi connectivity index (χ3n) is 9.26. The van der Waals surface area contributed by atoms with Crippen molar-refractivity contribution in [1.82, 2.24) is 0 Å². The molecule has 0 N–H and O–H groups in total. The molecule has 0 atom stereocenters.